The molecule has 142 valence electrons. The van der Waals surface area contributed by atoms with Crippen molar-refractivity contribution in [2.75, 3.05) is 6.61 Å². The van der Waals surface area contributed by atoms with Gasteiger partial charge in [-0.05, 0) is 55.2 Å². The molecule has 1 saturated carbocycles. The Balaban J connectivity index is 1.57. The number of carbonyl (C=O) groups is 2. The highest BCUT2D eigenvalue weighted by Gasteiger charge is 2.47. The van der Waals surface area contributed by atoms with Gasteiger partial charge in [-0.1, -0.05) is 46.6 Å². The zero-order valence-electron chi connectivity index (χ0n) is 15.0. The molecule has 0 aromatic heterocycles. The average molecular weight is 434 g/mol. The number of hydrogen-bond donors (Lipinski definition) is 1. The first-order chi connectivity index (χ1) is 12.9. The van der Waals surface area contributed by atoms with Gasteiger partial charge >= 0.3 is 5.97 Å². The predicted octanol–water partition coefficient (Wildman–Crippen LogP) is 4.43. The van der Waals surface area contributed by atoms with Crippen molar-refractivity contribution >= 4 is 27.8 Å². The van der Waals surface area contributed by atoms with E-state index in [1.54, 1.807) is 12.1 Å². The predicted molar refractivity (Wildman–Crippen MR) is 104 cm³/mol. The summed E-state index contributed by atoms with van der Waals surface area (Å²) < 4.78 is 19.4. The van der Waals surface area contributed by atoms with Gasteiger partial charge in [0, 0.05) is 4.47 Å². The van der Waals surface area contributed by atoms with E-state index in [1.807, 2.05) is 31.2 Å². The molecule has 0 saturated heterocycles. The van der Waals surface area contributed by atoms with Crippen LogP contribution in [-0.4, -0.2) is 18.5 Å². The molecule has 1 aliphatic rings. The molecule has 2 aromatic carbocycles. The van der Waals surface area contributed by atoms with Gasteiger partial charge in [-0.2, -0.15) is 0 Å². The van der Waals surface area contributed by atoms with Crippen LogP contribution in [0.5, 0.6) is 0 Å². The largest absolute Gasteiger partial charge is 0.455 e. The second-order valence-corrected chi connectivity index (χ2v) is 7.78. The van der Waals surface area contributed by atoms with E-state index in [0.717, 1.165) is 22.0 Å². The lowest BCUT2D eigenvalue weighted by Gasteiger charge is -2.39. The first kappa shape index (κ1) is 19.5. The summed E-state index contributed by atoms with van der Waals surface area (Å²) in [6, 6.07) is 13.4. The van der Waals surface area contributed by atoms with Crippen molar-refractivity contribution in [1.29, 1.82) is 0 Å². The Morgan fingerprint density at radius 2 is 1.78 bits per heavy atom. The number of rotatable bonds is 6. The summed E-state index contributed by atoms with van der Waals surface area (Å²) >= 11 is 3.37. The van der Waals surface area contributed by atoms with Gasteiger partial charge in [-0.25, -0.2) is 4.39 Å². The summed E-state index contributed by atoms with van der Waals surface area (Å²) in [5, 5.41) is 2.82. The Morgan fingerprint density at radius 3 is 2.33 bits per heavy atom. The van der Waals surface area contributed by atoms with Crippen LogP contribution in [0, 0.1) is 5.82 Å². The second kappa shape index (κ2) is 8.21. The van der Waals surface area contributed by atoms with Crippen LogP contribution >= 0.6 is 15.9 Å². The lowest BCUT2D eigenvalue weighted by atomic mass is 9.64. The molecule has 1 unspecified atom stereocenters. The van der Waals surface area contributed by atoms with Crippen molar-refractivity contribution in [3.05, 3.63) is 69.9 Å². The fraction of sp³-hybridized carbons (Fsp3) is 0.333. The fourth-order valence-corrected chi connectivity index (χ4v) is 3.56. The Bertz CT molecular complexity index is 816. The fourth-order valence-electron chi connectivity index (χ4n) is 3.30. The van der Waals surface area contributed by atoms with Crippen LogP contribution in [0.3, 0.4) is 0 Å². The summed E-state index contributed by atoms with van der Waals surface area (Å²) in [5.41, 5.74) is 0.939. The Kier molecular flexibility index (Phi) is 5.95. The van der Waals surface area contributed by atoms with E-state index in [9.17, 15) is 14.0 Å². The van der Waals surface area contributed by atoms with Crippen LogP contribution in [0.25, 0.3) is 0 Å². The molecule has 1 N–H and O–H groups in total. The molecule has 4 nitrogen and oxygen atoms in total. The van der Waals surface area contributed by atoms with E-state index < -0.39 is 11.4 Å². The minimum atomic E-state index is -0.759. The number of ether oxygens (including phenoxy) is 1. The van der Waals surface area contributed by atoms with Crippen molar-refractivity contribution < 1.29 is 18.7 Å². The summed E-state index contributed by atoms with van der Waals surface area (Å²) in [7, 11) is 0. The third kappa shape index (κ3) is 4.38. The van der Waals surface area contributed by atoms with E-state index in [4.69, 9.17) is 4.74 Å². The zero-order chi connectivity index (χ0) is 19.4. The molecule has 0 heterocycles. The third-order valence-electron chi connectivity index (χ3n) is 5.08. The Labute approximate surface area is 166 Å². The quantitative estimate of drug-likeness (QED) is 0.685. The van der Waals surface area contributed by atoms with Crippen LogP contribution in [0.2, 0.25) is 0 Å². The third-order valence-corrected chi connectivity index (χ3v) is 5.61. The van der Waals surface area contributed by atoms with Crippen LogP contribution in [0.15, 0.2) is 53.0 Å². The summed E-state index contributed by atoms with van der Waals surface area (Å²) in [4.78, 5) is 24.8. The van der Waals surface area contributed by atoms with E-state index in [2.05, 4.69) is 21.2 Å². The SMILES string of the molecule is CC(NC(=O)COC(=O)C1(c2ccc(F)cc2)CCC1)c1ccc(Br)cc1. The van der Waals surface area contributed by atoms with Gasteiger partial charge in [0.2, 0.25) is 0 Å². The van der Waals surface area contributed by atoms with Crippen LogP contribution in [0.4, 0.5) is 4.39 Å². The van der Waals surface area contributed by atoms with Gasteiger partial charge in [-0.3, -0.25) is 9.59 Å². The van der Waals surface area contributed by atoms with Crippen molar-refractivity contribution in [2.45, 2.75) is 37.6 Å². The van der Waals surface area contributed by atoms with Gasteiger partial charge in [0.15, 0.2) is 6.61 Å². The van der Waals surface area contributed by atoms with Gasteiger partial charge in [0.1, 0.15) is 5.82 Å². The summed E-state index contributed by atoms with van der Waals surface area (Å²) in [5.74, 6) is -1.12. The summed E-state index contributed by atoms with van der Waals surface area (Å²) in [6.07, 6.45) is 2.20. The zero-order valence-corrected chi connectivity index (χ0v) is 16.6. The maximum Gasteiger partial charge on any atom is 0.317 e. The van der Waals surface area contributed by atoms with E-state index in [1.165, 1.54) is 12.1 Å². The minimum Gasteiger partial charge on any atom is -0.455 e. The lowest BCUT2D eigenvalue weighted by molar-refractivity contribution is -0.157. The molecule has 1 aliphatic carbocycles. The van der Waals surface area contributed by atoms with Crippen LogP contribution in [-0.2, 0) is 19.7 Å². The van der Waals surface area contributed by atoms with Gasteiger partial charge < -0.3 is 10.1 Å². The number of nitrogens with one attached hydrogen (secondary N) is 1. The Hall–Kier alpha value is -2.21. The smallest absolute Gasteiger partial charge is 0.317 e. The highest BCUT2D eigenvalue weighted by molar-refractivity contribution is 9.10. The average Bonchev–Trinajstić information content (AvgIpc) is 2.61. The number of benzene rings is 2. The molecule has 3 rings (SSSR count). The van der Waals surface area contributed by atoms with Gasteiger partial charge in [0.25, 0.3) is 5.91 Å². The molecule has 0 bridgehead atoms. The normalized spacial score (nSPS) is 16.1. The Morgan fingerprint density at radius 1 is 1.15 bits per heavy atom. The van der Waals surface area contributed by atoms with Crippen molar-refractivity contribution in [3.8, 4) is 0 Å². The molecule has 0 radical (unpaired) electrons. The molecule has 27 heavy (non-hydrogen) atoms. The first-order valence-corrected chi connectivity index (χ1v) is 9.68. The highest BCUT2D eigenvalue weighted by atomic mass is 79.9. The monoisotopic (exact) mass is 433 g/mol. The minimum absolute atomic E-state index is 0.195. The highest BCUT2D eigenvalue weighted by Crippen LogP contribution is 2.44. The van der Waals surface area contributed by atoms with E-state index >= 15 is 0 Å². The first-order valence-electron chi connectivity index (χ1n) is 8.89. The van der Waals surface area contributed by atoms with E-state index in [0.29, 0.717) is 12.8 Å². The summed E-state index contributed by atoms with van der Waals surface area (Å²) in [6.45, 7) is 1.54. The number of halogens is 2. The maximum absolute atomic E-state index is 13.2. The maximum atomic E-state index is 13.2. The van der Waals surface area contributed by atoms with E-state index in [-0.39, 0.29) is 24.4 Å². The molecule has 1 atom stereocenters. The molecule has 0 aliphatic heterocycles. The number of amides is 1. The standard InChI is InChI=1S/C21H21BrFNO3/c1-14(15-3-7-17(22)8-4-15)24-19(25)13-27-20(26)21(11-2-12-21)16-5-9-18(23)10-6-16/h3-10,14H,2,11-13H2,1H3,(H,24,25). The van der Waals surface area contributed by atoms with Crippen molar-refractivity contribution in [1.82, 2.24) is 5.32 Å². The molecule has 2 aromatic rings. The molecular weight excluding hydrogens is 413 g/mol. The number of hydrogen-bond acceptors (Lipinski definition) is 3. The van der Waals surface area contributed by atoms with Crippen LogP contribution in [0.1, 0.15) is 43.4 Å². The molecule has 0 spiro atoms. The molecule has 1 fully saturated rings. The van der Waals surface area contributed by atoms with Crippen molar-refractivity contribution in [2.24, 2.45) is 0 Å². The molecule has 1 amide bonds. The second-order valence-electron chi connectivity index (χ2n) is 6.86. The van der Waals surface area contributed by atoms with Gasteiger partial charge in [-0.15, -0.1) is 0 Å². The molecule has 6 heteroatoms. The number of esters is 1. The molecular formula is C21H21BrFNO3. The van der Waals surface area contributed by atoms with Crippen LogP contribution < -0.4 is 5.32 Å². The van der Waals surface area contributed by atoms with Crippen molar-refractivity contribution in [3.63, 3.8) is 0 Å². The van der Waals surface area contributed by atoms with Gasteiger partial charge in [0.05, 0.1) is 11.5 Å². The number of carbonyl (C=O) groups excluding carboxylic acids is 2. The lowest BCUT2D eigenvalue weighted by Crippen LogP contribution is -2.45. The topological polar surface area (TPSA) is 55.4 Å².